The van der Waals surface area contributed by atoms with Gasteiger partial charge in [0.1, 0.15) is 10.8 Å². The fourth-order valence-electron chi connectivity index (χ4n) is 6.18. The molecule has 1 fully saturated rings. The van der Waals surface area contributed by atoms with Crippen molar-refractivity contribution in [2.75, 3.05) is 20.3 Å². The first-order valence-corrected chi connectivity index (χ1v) is 15.2. The predicted molar refractivity (Wildman–Crippen MR) is 141 cm³/mol. The number of benzene rings is 1. The third-order valence-electron chi connectivity index (χ3n) is 8.11. The minimum Gasteiger partial charge on any atom is -0.392 e. The molecule has 2 aliphatic rings. The summed E-state index contributed by atoms with van der Waals surface area (Å²) in [4.78, 5) is 18.8. The van der Waals surface area contributed by atoms with Gasteiger partial charge in [-0.3, -0.25) is 4.79 Å². The Balaban J connectivity index is 1.54. The zero-order chi connectivity index (χ0) is 26.3. The van der Waals surface area contributed by atoms with Crippen LogP contribution in [0.25, 0.3) is 0 Å². The Labute approximate surface area is 222 Å². The summed E-state index contributed by atoms with van der Waals surface area (Å²) >= 11 is 7.38. The van der Waals surface area contributed by atoms with Gasteiger partial charge in [0.15, 0.2) is 9.84 Å². The molecule has 2 aromatic rings. The zero-order valence-corrected chi connectivity index (χ0v) is 23.5. The molecule has 36 heavy (non-hydrogen) atoms. The maximum Gasteiger partial charge on any atom is 0.223 e. The van der Waals surface area contributed by atoms with Gasteiger partial charge in [-0.15, -0.1) is 11.3 Å². The van der Waals surface area contributed by atoms with Crippen LogP contribution in [-0.2, 0) is 31.5 Å². The molecule has 1 aromatic heterocycles. The molecule has 2 N–H and O–H groups in total. The minimum atomic E-state index is -3.55. The normalized spacial score (nSPS) is 28.7. The summed E-state index contributed by atoms with van der Waals surface area (Å²) in [6.45, 7) is 7.08. The summed E-state index contributed by atoms with van der Waals surface area (Å²) in [5.74, 6) is -0.773. The van der Waals surface area contributed by atoms with Gasteiger partial charge < -0.3 is 15.2 Å². The summed E-state index contributed by atoms with van der Waals surface area (Å²) in [5.41, 5.74) is 0.758. The van der Waals surface area contributed by atoms with Crippen molar-refractivity contribution in [2.45, 2.75) is 62.7 Å². The molecular formula is C26H35ClN2O5S2. The molecular weight excluding hydrogens is 520 g/mol. The van der Waals surface area contributed by atoms with Crippen molar-refractivity contribution in [3.8, 4) is 0 Å². The average Bonchev–Trinajstić information content (AvgIpc) is 3.20. The lowest BCUT2D eigenvalue weighted by molar-refractivity contribution is -0.135. The lowest BCUT2D eigenvalue weighted by Gasteiger charge is -2.53. The zero-order valence-electron chi connectivity index (χ0n) is 21.2. The highest BCUT2D eigenvalue weighted by molar-refractivity contribution is 7.90. The molecule has 1 saturated carbocycles. The maximum absolute atomic E-state index is 13.0. The summed E-state index contributed by atoms with van der Waals surface area (Å²) in [6.07, 6.45) is 1.78. The topological polar surface area (TPSA) is 106 Å². The Kier molecular flexibility index (Phi) is 8.17. The Bertz CT molecular complexity index is 1200. The number of rotatable bonds is 8. The van der Waals surface area contributed by atoms with Crippen LogP contribution in [0.4, 0.5) is 0 Å². The van der Waals surface area contributed by atoms with Crippen molar-refractivity contribution < 1.29 is 23.1 Å². The molecule has 198 valence electrons. The summed E-state index contributed by atoms with van der Waals surface area (Å²) in [6, 6.07) is 6.19. The van der Waals surface area contributed by atoms with E-state index < -0.39 is 15.9 Å². The quantitative estimate of drug-likeness (QED) is 0.473. The van der Waals surface area contributed by atoms with Crippen LogP contribution in [-0.4, -0.2) is 50.8 Å². The van der Waals surface area contributed by atoms with Crippen molar-refractivity contribution in [3.63, 3.8) is 0 Å². The summed E-state index contributed by atoms with van der Waals surface area (Å²) in [7, 11) is -1.96. The number of fused-ring (bicyclic) bond motifs is 2. The van der Waals surface area contributed by atoms with E-state index in [1.54, 1.807) is 19.2 Å². The fourth-order valence-corrected chi connectivity index (χ4v) is 9.28. The van der Waals surface area contributed by atoms with E-state index >= 15 is 0 Å². The van der Waals surface area contributed by atoms with E-state index in [4.69, 9.17) is 21.3 Å². The third kappa shape index (κ3) is 5.36. The molecule has 0 unspecified atom stereocenters. The minimum absolute atomic E-state index is 0.0384. The molecule has 6 atom stereocenters. The second kappa shape index (κ2) is 10.7. The van der Waals surface area contributed by atoms with E-state index in [0.29, 0.717) is 23.2 Å². The van der Waals surface area contributed by atoms with Gasteiger partial charge in [0.25, 0.3) is 0 Å². The van der Waals surface area contributed by atoms with Crippen LogP contribution in [0.2, 0.25) is 5.02 Å². The number of sulfone groups is 1. The molecule has 0 aliphatic heterocycles. The van der Waals surface area contributed by atoms with E-state index in [-0.39, 0.29) is 45.6 Å². The molecule has 1 heterocycles. The second-order valence-electron chi connectivity index (χ2n) is 10.5. The highest BCUT2D eigenvalue weighted by Crippen LogP contribution is 2.57. The number of aliphatic hydroxyl groups excluding tert-OH is 1. The molecule has 0 saturated heterocycles. The lowest BCUT2D eigenvalue weighted by Crippen LogP contribution is -2.53. The number of nitrogens with one attached hydrogen (secondary N) is 1. The molecule has 10 heteroatoms. The monoisotopic (exact) mass is 554 g/mol. The highest BCUT2D eigenvalue weighted by Gasteiger charge is 2.53. The number of aromatic nitrogens is 1. The Hall–Kier alpha value is -1.52. The number of halogens is 1. The molecule has 2 aliphatic carbocycles. The van der Waals surface area contributed by atoms with E-state index in [9.17, 15) is 18.3 Å². The van der Waals surface area contributed by atoms with Crippen molar-refractivity contribution >= 4 is 38.7 Å². The number of carbonyl (C=O) groups is 1. The molecule has 0 radical (unpaired) electrons. The largest absolute Gasteiger partial charge is 0.392 e. The first-order valence-electron chi connectivity index (χ1n) is 12.4. The molecule has 0 spiro atoms. The molecule has 1 aromatic carbocycles. The smallest absolute Gasteiger partial charge is 0.223 e. The van der Waals surface area contributed by atoms with Gasteiger partial charge in [0.2, 0.25) is 5.91 Å². The highest BCUT2D eigenvalue weighted by atomic mass is 35.5. The summed E-state index contributed by atoms with van der Waals surface area (Å²) < 4.78 is 31.0. The van der Waals surface area contributed by atoms with Crippen LogP contribution in [0.15, 0.2) is 29.2 Å². The number of carbonyl (C=O) groups excluding carboxylic acids is 1. The molecule has 1 amide bonds. The van der Waals surface area contributed by atoms with Gasteiger partial charge in [0, 0.05) is 35.4 Å². The van der Waals surface area contributed by atoms with Crippen molar-refractivity contribution in [1.29, 1.82) is 0 Å². The van der Waals surface area contributed by atoms with Gasteiger partial charge >= 0.3 is 0 Å². The molecule has 4 rings (SSSR count). The first-order chi connectivity index (χ1) is 17.0. The number of hydrogen-bond donors (Lipinski definition) is 2. The van der Waals surface area contributed by atoms with Gasteiger partial charge in [0.05, 0.1) is 23.3 Å². The summed E-state index contributed by atoms with van der Waals surface area (Å²) in [5, 5.41) is 15.5. The number of ether oxygens (including phenoxy) is 1. The van der Waals surface area contributed by atoms with Crippen LogP contribution in [0, 0.1) is 23.2 Å². The Morgan fingerprint density at radius 1 is 1.36 bits per heavy atom. The number of amides is 1. The van der Waals surface area contributed by atoms with Crippen molar-refractivity contribution in [2.24, 2.45) is 23.2 Å². The number of aliphatic hydroxyl groups is 1. The van der Waals surface area contributed by atoms with Crippen LogP contribution in [0.5, 0.6) is 0 Å². The number of nitrogens with zero attached hydrogens (tertiary/aromatic N) is 1. The van der Waals surface area contributed by atoms with Gasteiger partial charge in [-0.2, -0.15) is 0 Å². The SMILES string of the molecule is COCCNC(=O)[C@@H](C)[C@H]1CC[C@@]2(C)Cc3sc(CS(=O)(=O)c4ccc(Cl)cc4)nc3[C@@H](C)[C@@H]2[C@H]1O. The number of thiazole rings is 1. The van der Waals surface area contributed by atoms with Crippen molar-refractivity contribution in [3.05, 3.63) is 44.9 Å². The molecule has 0 bridgehead atoms. The van der Waals surface area contributed by atoms with Gasteiger partial charge in [-0.05, 0) is 60.8 Å². The van der Waals surface area contributed by atoms with E-state index in [0.717, 1.165) is 29.8 Å². The standard InChI is InChI=1S/C26H35ClN2O5S2/c1-15(25(31)28-11-12-34-4)19-9-10-26(3)13-20-23(16(2)22(26)24(19)30)29-21(35-20)14-36(32,33)18-7-5-17(27)6-8-18/h5-8,15-16,19,22,24,30H,9-14H2,1-4H3,(H,28,31)/t15-,16-,19+,22+,24-,26-/m0/s1. The Morgan fingerprint density at radius 3 is 2.72 bits per heavy atom. The predicted octanol–water partition coefficient (Wildman–Crippen LogP) is 4.22. The van der Waals surface area contributed by atoms with E-state index in [2.05, 4.69) is 19.2 Å². The van der Waals surface area contributed by atoms with Crippen LogP contribution in [0.3, 0.4) is 0 Å². The second-order valence-corrected chi connectivity index (χ2v) is 14.1. The number of methoxy groups -OCH3 is 1. The van der Waals surface area contributed by atoms with E-state index in [1.807, 2.05) is 6.92 Å². The van der Waals surface area contributed by atoms with Crippen LogP contribution in [0.1, 0.15) is 55.1 Å². The van der Waals surface area contributed by atoms with Crippen LogP contribution < -0.4 is 5.32 Å². The lowest BCUT2D eigenvalue weighted by atomic mass is 9.53. The van der Waals surface area contributed by atoms with Gasteiger partial charge in [-0.25, -0.2) is 13.4 Å². The number of hydrogen-bond acceptors (Lipinski definition) is 7. The van der Waals surface area contributed by atoms with E-state index in [1.165, 1.54) is 23.5 Å². The third-order valence-corrected chi connectivity index (χ3v) is 11.3. The fraction of sp³-hybridized carbons (Fsp3) is 0.615. The average molecular weight is 555 g/mol. The molecule has 7 nitrogen and oxygen atoms in total. The first kappa shape index (κ1) is 27.5. The van der Waals surface area contributed by atoms with Crippen molar-refractivity contribution in [1.82, 2.24) is 10.3 Å². The maximum atomic E-state index is 13.0. The Morgan fingerprint density at radius 2 is 2.06 bits per heavy atom. The van der Waals surface area contributed by atoms with Crippen LogP contribution >= 0.6 is 22.9 Å². The van der Waals surface area contributed by atoms with Gasteiger partial charge in [-0.1, -0.05) is 32.4 Å².